The first-order chi connectivity index (χ1) is 12.0. The summed E-state index contributed by atoms with van der Waals surface area (Å²) < 4.78 is 1.49. The molecule has 1 unspecified atom stereocenters. The SMILES string of the molecule is CCCC(C(=O)O)c1c(-c2cccs2)c2cc(Cl)ccc2c(=O)n1C. The van der Waals surface area contributed by atoms with Crippen molar-refractivity contribution in [3.63, 3.8) is 0 Å². The highest BCUT2D eigenvalue weighted by Gasteiger charge is 2.28. The summed E-state index contributed by atoms with van der Waals surface area (Å²) in [5.74, 6) is -1.67. The number of hydrogen-bond acceptors (Lipinski definition) is 3. The van der Waals surface area contributed by atoms with Crippen LogP contribution in [-0.2, 0) is 11.8 Å². The molecule has 3 rings (SSSR count). The van der Waals surface area contributed by atoms with E-state index in [0.29, 0.717) is 34.3 Å². The number of fused-ring (bicyclic) bond motifs is 1. The third kappa shape index (κ3) is 3.10. The van der Waals surface area contributed by atoms with Crippen LogP contribution in [0.3, 0.4) is 0 Å². The van der Waals surface area contributed by atoms with E-state index in [1.54, 1.807) is 25.2 Å². The minimum atomic E-state index is -0.920. The molecule has 3 aromatic rings. The quantitative estimate of drug-likeness (QED) is 0.690. The smallest absolute Gasteiger partial charge is 0.312 e. The molecule has 25 heavy (non-hydrogen) atoms. The Kier molecular flexibility index (Phi) is 4.97. The van der Waals surface area contributed by atoms with Crippen LogP contribution in [0.5, 0.6) is 0 Å². The van der Waals surface area contributed by atoms with Gasteiger partial charge in [0.2, 0.25) is 0 Å². The number of hydrogen-bond donors (Lipinski definition) is 1. The van der Waals surface area contributed by atoms with Crippen LogP contribution in [0.2, 0.25) is 5.02 Å². The van der Waals surface area contributed by atoms with Crippen LogP contribution in [0.1, 0.15) is 31.4 Å². The number of rotatable bonds is 5. The van der Waals surface area contributed by atoms with Crippen LogP contribution in [0.25, 0.3) is 21.2 Å². The van der Waals surface area contributed by atoms with Gasteiger partial charge in [0.05, 0.1) is 5.92 Å². The number of pyridine rings is 1. The summed E-state index contributed by atoms with van der Waals surface area (Å²) in [7, 11) is 1.65. The van der Waals surface area contributed by atoms with Gasteiger partial charge in [-0.1, -0.05) is 31.0 Å². The van der Waals surface area contributed by atoms with Gasteiger partial charge in [0.1, 0.15) is 0 Å². The standard InChI is InChI=1S/C19H18ClNO3S/c1-3-5-13(19(23)24)17-16(15-6-4-9-25-15)14-10-11(20)7-8-12(14)18(22)21(17)2/h4,6-10,13H,3,5H2,1-2H3,(H,23,24). The van der Waals surface area contributed by atoms with Gasteiger partial charge in [0, 0.05) is 33.6 Å². The molecule has 2 aromatic heterocycles. The second-order valence-electron chi connectivity index (χ2n) is 5.97. The molecular formula is C19H18ClNO3S. The number of nitrogens with zero attached hydrogens (tertiary/aromatic N) is 1. The molecule has 1 aromatic carbocycles. The summed E-state index contributed by atoms with van der Waals surface area (Å²) >= 11 is 7.70. The lowest BCUT2D eigenvalue weighted by Crippen LogP contribution is -2.26. The van der Waals surface area contributed by atoms with E-state index in [2.05, 4.69) is 0 Å². The second kappa shape index (κ2) is 7.02. The molecule has 4 nitrogen and oxygen atoms in total. The first-order valence-corrected chi connectivity index (χ1v) is 9.30. The fraction of sp³-hybridized carbons (Fsp3) is 0.263. The predicted molar refractivity (Wildman–Crippen MR) is 103 cm³/mol. The number of aliphatic carboxylic acids is 1. The Hall–Kier alpha value is -2.11. The molecule has 1 atom stereocenters. The van der Waals surface area contributed by atoms with E-state index >= 15 is 0 Å². The third-order valence-corrected chi connectivity index (χ3v) is 5.50. The highest BCUT2D eigenvalue weighted by Crippen LogP contribution is 2.39. The molecule has 130 valence electrons. The lowest BCUT2D eigenvalue weighted by atomic mass is 9.91. The van der Waals surface area contributed by atoms with Crippen LogP contribution in [-0.4, -0.2) is 15.6 Å². The lowest BCUT2D eigenvalue weighted by molar-refractivity contribution is -0.139. The number of aromatic nitrogens is 1. The average Bonchev–Trinajstić information content (AvgIpc) is 3.10. The minimum absolute atomic E-state index is 0.204. The van der Waals surface area contributed by atoms with E-state index in [1.165, 1.54) is 15.9 Å². The zero-order chi connectivity index (χ0) is 18.1. The summed E-state index contributed by atoms with van der Waals surface area (Å²) in [6, 6.07) is 9.00. The fourth-order valence-corrected chi connectivity index (χ4v) is 4.22. The van der Waals surface area contributed by atoms with Crippen molar-refractivity contribution >= 4 is 39.7 Å². The largest absolute Gasteiger partial charge is 0.481 e. The summed E-state index contributed by atoms with van der Waals surface area (Å²) in [4.78, 5) is 25.7. The Labute approximate surface area is 154 Å². The number of thiophene rings is 1. The Morgan fingerprint density at radius 1 is 1.32 bits per heavy atom. The Morgan fingerprint density at radius 2 is 2.08 bits per heavy atom. The van der Waals surface area contributed by atoms with Crippen molar-refractivity contribution in [1.82, 2.24) is 4.57 Å². The van der Waals surface area contributed by atoms with Crippen LogP contribution in [0, 0.1) is 0 Å². The highest BCUT2D eigenvalue weighted by atomic mass is 35.5. The van der Waals surface area contributed by atoms with Crippen LogP contribution in [0.15, 0.2) is 40.5 Å². The molecule has 1 N–H and O–H groups in total. The van der Waals surface area contributed by atoms with Crippen molar-refractivity contribution in [2.45, 2.75) is 25.7 Å². The van der Waals surface area contributed by atoms with Gasteiger partial charge in [-0.25, -0.2) is 0 Å². The molecule has 0 bridgehead atoms. The maximum absolute atomic E-state index is 12.8. The van der Waals surface area contributed by atoms with Crippen molar-refractivity contribution in [2.75, 3.05) is 0 Å². The zero-order valence-electron chi connectivity index (χ0n) is 14.0. The predicted octanol–water partition coefficient (Wildman–Crippen LogP) is 4.89. The zero-order valence-corrected chi connectivity index (χ0v) is 15.5. The number of carbonyl (C=O) groups is 1. The van der Waals surface area contributed by atoms with Crippen molar-refractivity contribution < 1.29 is 9.90 Å². The molecule has 0 aliphatic heterocycles. The van der Waals surface area contributed by atoms with Gasteiger partial charge in [-0.3, -0.25) is 9.59 Å². The topological polar surface area (TPSA) is 59.3 Å². The van der Waals surface area contributed by atoms with Gasteiger partial charge in [-0.05, 0) is 41.5 Å². The summed E-state index contributed by atoms with van der Waals surface area (Å²) in [5, 5.41) is 13.5. The number of carboxylic acids is 1. The summed E-state index contributed by atoms with van der Waals surface area (Å²) in [6.45, 7) is 1.94. The Morgan fingerprint density at radius 3 is 2.68 bits per heavy atom. The van der Waals surface area contributed by atoms with Crippen LogP contribution in [0.4, 0.5) is 0 Å². The molecule has 0 fully saturated rings. The van der Waals surface area contributed by atoms with Gasteiger partial charge in [0.25, 0.3) is 5.56 Å². The molecule has 0 aliphatic carbocycles. The van der Waals surface area contributed by atoms with Crippen molar-refractivity contribution in [1.29, 1.82) is 0 Å². The van der Waals surface area contributed by atoms with Gasteiger partial charge < -0.3 is 9.67 Å². The van der Waals surface area contributed by atoms with Crippen molar-refractivity contribution in [3.8, 4) is 10.4 Å². The second-order valence-corrected chi connectivity index (χ2v) is 7.36. The number of halogens is 1. The molecular weight excluding hydrogens is 358 g/mol. The molecule has 6 heteroatoms. The molecule has 0 spiro atoms. The van der Waals surface area contributed by atoms with Gasteiger partial charge in [-0.15, -0.1) is 11.3 Å². The monoisotopic (exact) mass is 375 g/mol. The van der Waals surface area contributed by atoms with E-state index in [1.807, 2.05) is 24.4 Å². The third-order valence-electron chi connectivity index (χ3n) is 4.38. The summed E-state index contributed by atoms with van der Waals surface area (Å²) in [5.41, 5.74) is 1.12. The van der Waals surface area contributed by atoms with Crippen LogP contribution < -0.4 is 5.56 Å². The number of benzene rings is 1. The number of carboxylic acid groups (broad SMARTS) is 1. The van der Waals surface area contributed by atoms with E-state index < -0.39 is 11.9 Å². The molecule has 2 heterocycles. The maximum atomic E-state index is 12.8. The first kappa shape index (κ1) is 17.7. The summed E-state index contributed by atoms with van der Waals surface area (Å²) in [6.07, 6.45) is 1.18. The normalized spacial score (nSPS) is 12.4. The lowest BCUT2D eigenvalue weighted by Gasteiger charge is -2.21. The Balaban J connectivity index is 2.50. The molecule has 0 amide bonds. The van der Waals surface area contributed by atoms with Gasteiger partial charge in [-0.2, -0.15) is 0 Å². The van der Waals surface area contributed by atoms with Crippen molar-refractivity contribution in [2.24, 2.45) is 7.05 Å². The van der Waals surface area contributed by atoms with Gasteiger partial charge in [0.15, 0.2) is 0 Å². The van der Waals surface area contributed by atoms with E-state index in [-0.39, 0.29) is 5.56 Å². The molecule has 0 saturated heterocycles. The Bertz CT molecular complexity index is 992. The van der Waals surface area contributed by atoms with Gasteiger partial charge >= 0.3 is 5.97 Å². The van der Waals surface area contributed by atoms with Crippen LogP contribution >= 0.6 is 22.9 Å². The van der Waals surface area contributed by atoms with E-state index in [4.69, 9.17) is 11.6 Å². The first-order valence-electron chi connectivity index (χ1n) is 8.04. The van der Waals surface area contributed by atoms with E-state index in [0.717, 1.165) is 10.4 Å². The molecule has 0 aliphatic rings. The molecule has 0 radical (unpaired) electrons. The maximum Gasteiger partial charge on any atom is 0.312 e. The minimum Gasteiger partial charge on any atom is -0.481 e. The molecule has 0 saturated carbocycles. The average molecular weight is 376 g/mol. The highest BCUT2D eigenvalue weighted by molar-refractivity contribution is 7.13. The fourth-order valence-electron chi connectivity index (χ4n) is 3.26. The van der Waals surface area contributed by atoms with Crippen molar-refractivity contribution in [3.05, 3.63) is 56.8 Å². The van der Waals surface area contributed by atoms with E-state index in [9.17, 15) is 14.7 Å².